The Balaban J connectivity index is 0.00000242. The number of hydrogen-bond donors (Lipinski definition) is 0. The van der Waals surface area contributed by atoms with Crippen LogP contribution in [-0.2, 0) is 19.2 Å². The Labute approximate surface area is 164 Å². The van der Waals surface area contributed by atoms with Gasteiger partial charge >= 0.3 is 140 Å². The molecule has 2 aliphatic rings. The zero-order chi connectivity index (χ0) is 16.1. The maximum Gasteiger partial charge on any atom is -1.00 e. The molecule has 2 rings (SSSR count). The summed E-state index contributed by atoms with van der Waals surface area (Å²) in [5.74, 6) is 0. The molecule has 0 aliphatic heterocycles. The number of hydrogen-bond acceptors (Lipinski definition) is 0. The zero-order valence-corrected chi connectivity index (χ0v) is 18.8. The molecule has 2 unspecified atom stereocenters. The molecule has 0 saturated carbocycles. The van der Waals surface area contributed by atoms with E-state index in [1.807, 2.05) is 0 Å². The zero-order valence-electron chi connectivity index (χ0n) is 15.7. The molecule has 0 heterocycles. The van der Waals surface area contributed by atoms with Gasteiger partial charge in [0.15, 0.2) is 0 Å². The van der Waals surface area contributed by atoms with Gasteiger partial charge in [-0.05, 0) is 0 Å². The molecule has 0 aromatic rings. The summed E-state index contributed by atoms with van der Waals surface area (Å²) in [7, 11) is 0. The Morgan fingerprint density at radius 3 is 1.17 bits per heavy atom. The van der Waals surface area contributed by atoms with Gasteiger partial charge in [-0.15, -0.1) is 0 Å². The molecule has 23 heavy (non-hydrogen) atoms. The molecule has 2 aliphatic carbocycles. The predicted octanol–water partition coefficient (Wildman–Crippen LogP) is 0.519. The average Bonchev–Trinajstić information content (AvgIpc) is 2.84. The molecule has 0 N–H and O–H groups in total. The summed E-state index contributed by atoms with van der Waals surface area (Å²) in [6, 6.07) is 0. The molecule has 0 fully saturated rings. The van der Waals surface area contributed by atoms with E-state index in [4.69, 9.17) is 0 Å². The normalized spacial score (nSPS) is 29.4. The molecule has 0 spiro atoms. The Kier molecular flexibility index (Phi) is 7.32. The minimum absolute atomic E-state index is 0. The third kappa shape index (κ3) is 3.61. The maximum absolute atomic E-state index is 2.51. The fourth-order valence-electron chi connectivity index (χ4n) is 3.85. The van der Waals surface area contributed by atoms with Crippen LogP contribution >= 0.6 is 0 Å². The number of halogens is 2. The van der Waals surface area contributed by atoms with E-state index in [9.17, 15) is 0 Å². The van der Waals surface area contributed by atoms with Crippen LogP contribution in [0.3, 0.4) is 0 Å². The Morgan fingerprint density at radius 1 is 0.696 bits per heavy atom. The van der Waals surface area contributed by atoms with Gasteiger partial charge < -0.3 is 24.8 Å². The van der Waals surface area contributed by atoms with Gasteiger partial charge in [-0.25, -0.2) is 0 Å². The van der Waals surface area contributed by atoms with Crippen LogP contribution in [0.4, 0.5) is 0 Å². The summed E-state index contributed by atoms with van der Waals surface area (Å²) in [5, 5.41) is 0. The van der Waals surface area contributed by atoms with E-state index in [0.717, 1.165) is 0 Å². The van der Waals surface area contributed by atoms with E-state index in [-0.39, 0.29) is 62.2 Å². The van der Waals surface area contributed by atoms with Crippen LogP contribution in [0.5, 0.6) is 0 Å². The molecule has 0 radical (unpaired) electrons. The molecule has 0 saturated heterocycles. The first-order valence-corrected chi connectivity index (χ1v) is 9.55. The molecule has 0 aromatic carbocycles. The summed E-state index contributed by atoms with van der Waals surface area (Å²) in [6.45, 7) is 19.2. The van der Waals surface area contributed by atoms with Crippen molar-refractivity contribution < 1.29 is 44.0 Å². The van der Waals surface area contributed by atoms with Crippen molar-refractivity contribution in [3.05, 3.63) is 47.6 Å². The second kappa shape index (κ2) is 7.24. The fourth-order valence-corrected chi connectivity index (χ4v) is 7.43. The molecule has 128 valence electrons. The molecular formula is C20H30Cl2Ti. The minimum Gasteiger partial charge on any atom is -1.00 e. The second-order valence-corrected chi connectivity index (χ2v) is 11.5. The van der Waals surface area contributed by atoms with Crippen LogP contribution in [0.2, 0.25) is 7.44 Å². The van der Waals surface area contributed by atoms with Gasteiger partial charge in [0, 0.05) is 0 Å². The Morgan fingerprint density at radius 2 is 1.00 bits per heavy atom. The summed E-state index contributed by atoms with van der Waals surface area (Å²) in [5.41, 5.74) is 3.67. The summed E-state index contributed by atoms with van der Waals surface area (Å²) in [4.78, 5) is 0. The van der Waals surface area contributed by atoms with Gasteiger partial charge in [0.05, 0.1) is 0 Å². The van der Waals surface area contributed by atoms with E-state index in [1.54, 1.807) is 11.1 Å². The Bertz CT molecular complexity index is 505. The summed E-state index contributed by atoms with van der Waals surface area (Å²) < 4.78 is 0.536. The molecular weight excluding hydrogens is 359 g/mol. The van der Waals surface area contributed by atoms with Gasteiger partial charge in [-0.3, -0.25) is 0 Å². The largest absolute Gasteiger partial charge is 1.00 e. The quantitative estimate of drug-likeness (QED) is 0.605. The van der Waals surface area contributed by atoms with E-state index in [2.05, 4.69) is 91.8 Å². The van der Waals surface area contributed by atoms with Gasteiger partial charge in [-0.2, -0.15) is 0 Å². The van der Waals surface area contributed by atoms with E-state index in [1.165, 1.54) is 0 Å². The first-order chi connectivity index (χ1) is 9.46. The number of allylic oxidation sites excluding steroid dienone is 8. The van der Waals surface area contributed by atoms with Crippen molar-refractivity contribution in [1.29, 1.82) is 0 Å². The first-order valence-electron chi connectivity index (χ1n) is 7.99. The molecule has 0 amide bonds. The van der Waals surface area contributed by atoms with Gasteiger partial charge in [0.25, 0.3) is 0 Å². The van der Waals surface area contributed by atoms with Crippen LogP contribution in [0.25, 0.3) is 0 Å². The van der Waals surface area contributed by atoms with Crippen LogP contribution < -0.4 is 24.8 Å². The molecule has 0 nitrogen and oxygen atoms in total. The van der Waals surface area contributed by atoms with Gasteiger partial charge in [0.1, 0.15) is 0 Å². The smallest absolute Gasteiger partial charge is 1.00 e. The average molecular weight is 389 g/mol. The SMILES string of the molecule is CC1=CC=C[C]1([Ti+2][C]1(C(C)(C)C)C=CC=C1C)C(C)(C)C.[Cl-].[Cl-]. The first kappa shape index (κ1) is 23.3. The van der Waals surface area contributed by atoms with Gasteiger partial charge in [0.2, 0.25) is 0 Å². The third-order valence-electron chi connectivity index (χ3n) is 5.39. The predicted molar refractivity (Wildman–Crippen MR) is 90.1 cm³/mol. The molecule has 3 heteroatoms. The maximum atomic E-state index is 2.51. The monoisotopic (exact) mass is 388 g/mol. The van der Waals surface area contributed by atoms with Crippen molar-refractivity contribution in [3.63, 3.8) is 0 Å². The van der Waals surface area contributed by atoms with Crippen LogP contribution in [0, 0.1) is 10.8 Å². The molecule has 2 atom stereocenters. The van der Waals surface area contributed by atoms with Crippen molar-refractivity contribution >= 4 is 0 Å². The minimum atomic E-state index is -0.301. The van der Waals surface area contributed by atoms with Crippen molar-refractivity contribution in [2.75, 3.05) is 0 Å². The third-order valence-corrected chi connectivity index (χ3v) is 10.7. The van der Waals surface area contributed by atoms with Crippen molar-refractivity contribution in [2.24, 2.45) is 10.8 Å². The van der Waals surface area contributed by atoms with Gasteiger partial charge in [-0.1, -0.05) is 0 Å². The van der Waals surface area contributed by atoms with Crippen LogP contribution in [-0.4, -0.2) is 0 Å². The van der Waals surface area contributed by atoms with Crippen molar-refractivity contribution in [1.82, 2.24) is 0 Å². The van der Waals surface area contributed by atoms with E-state index in [0.29, 0.717) is 0 Å². The second-order valence-electron chi connectivity index (χ2n) is 8.66. The summed E-state index contributed by atoms with van der Waals surface area (Å²) >= 11 is -0.301. The van der Waals surface area contributed by atoms with E-state index < -0.39 is 0 Å². The number of rotatable bonds is 2. The summed E-state index contributed by atoms with van der Waals surface area (Å²) in [6.07, 6.45) is 14.3. The molecule has 0 bridgehead atoms. The van der Waals surface area contributed by atoms with Crippen LogP contribution in [0.15, 0.2) is 47.6 Å². The Hall–Kier alpha value is 0.254. The van der Waals surface area contributed by atoms with Crippen molar-refractivity contribution in [3.8, 4) is 0 Å². The molecule has 0 aromatic heterocycles. The fraction of sp³-hybridized carbons (Fsp3) is 0.600. The van der Waals surface area contributed by atoms with E-state index >= 15 is 0 Å². The standard InChI is InChI=1S/2C10H15.2ClH.Ti/c2*1-8-6-5-7-9(8)10(2,3)4;;;/h2*5-7H,1-4H3;2*1H;/q;;;;+2/p-2. The van der Waals surface area contributed by atoms with Crippen LogP contribution in [0.1, 0.15) is 55.4 Å². The van der Waals surface area contributed by atoms with Crippen molar-refractivity contribution in [2.45, 2.75) is 62.8 Å². The topological polar surface area (TPSA) is 0 Å².